The first-order valence-corrected chi connectivity index (χ1v) is 21.9. The standard InChI is InChI=1S/2C24BF20.Sn/c2*26-5-1(6(27)14(35)21(42)13(5)34)25(2-7(28)15(36)22(43)16(37)8(2)29,3-9(30)17(38)23(44)18(39)10(3)31)4-11(32)19(40)24(45)20(41)12(4)33;/q2*-1;+2. The van der Waals surface area contributed by atoms with E-state index >= 15 is 70.2 Å². The molecule has 8 rings (SSSR count). The average molecular weight is 1480 g/mol. The second kappa shape index (κ2) is 24.5. The molecule has 0 saturated carbocycles. The third kappa shape index (κ3) is 9.72. The van der Waals surface area contributed by atoms with E-state index in [1.165, 1.54) is 0 Å². The molecule has 2 radical (unpaired) electrons. The van der Waals surface area contributed by atoms with Crippen molar-refractivity contribution in [3.8, 4) is 0 Å². The van der Waals surface area contributed by atoms with Gasteiger partial charge in [-0.25, -0.2) is 176 Å². The van der Waals surface area contributed by atoms with E-state index in [9.17, 15) is 105 Å². The van der Waals surface area contributed by atoms with Gasteiger partial charge < -0.3 is 0 Å². The summed E-state index contributed by atoms with van der Waals surface area (Å²) in [6.07, 6.45) is -14.4. The SMILES string of the molecule is Fc1c(F)c(F)c([B-](c2c(F)c(F)c(F)c(F)c2F)(c2c(F)c(F)c(F)c(F)c2F)c2c(F)c(F)c(F)c(F)c2F)c(F)c1F.Fc1c(F)c(F)c([B-](c2c(F)c(F)c(F)c(F)c2F)(c2c(F)c(F)c(F)c(F)c2F)c2c(F)c(F)c(F)c(F)c2F)c(F)c1F.[Sn+2]. The van der Waals surface area contributed by atoms with Gasteiger partial charge in [-0.05, 0) is 0 Å². The zero-order chi connectivity index (χ0) is 68.7. The van der Waals surface area contributed by atoms with Crippen LogP contribution in [0.15, 0.2) is 0 Å². The van der Waals surface area contributed by atoms with Gasteiger partial charge in [-0.2, -0.15) is 0 Å². The van der Waals surface area contributed by atoms with Crippen molar-refractivity contribution in [2.45, 2.75) is 0 Å². The summed E-state index contributed by atoms with van der Waals surface area (Å²) < 4.78 is 588. The molecule has 0 aromatic heterocycles. The number of rotatable bonds is 8. The van der Waals surface area contributed by atoms with Crippen molar-refractivity contribution in [3.63, 3.8) is 0 Å². The summed E-state index contributed by atoms with van der Waals surface area (Å²) in [4.78, 5) is 0. The molecule has 0 heterocycles. The summed E-state index contributed by atoms with van der Waals surface area (Å²) in [6.45, 7) is 0. The van der Waals surface area contributed by atoms with Crippen molar-refractivity contribution in [1.29, 1.82) is 0 Å². The molecule has 0 aliphatic heterocycles. The van der Waals surface area contributed by atoms with E-state index in [0.29, 0.717) is 0 Å². The van der Waals surface area contributed by atoms with Crippen molar-refractivity contribution in [2.75, 3.05) is 0 Å². The molecule has 0 unspecified atom stereocenters. The van der Waals surface area contributed by atoms with E-state index in [1.54, 1.807) is 0 Å². The molecule has 91 heavy (non-hydrogen) atoms. The van der Waals surface area contributed by atoms with Crippen LogP contribution in [-0.2, 0) is 0 Å². The van der Waals surface area contributed by atoms with Crippen LogP contribution in [0.2, 0.25) is 0 Å². The molecule has 43 heteroatoms. The summed E-state index contributed by atoms with van der Waals surface area (Å²) in [5, 5.41) is 0. The van der Waals surface area contributed by atoms with E-state index < -0.39 is 289 Å². The molecule has 0 bridgehead atoms. The van der Waals surface area contributed by atoms with E-state index in [1.807, 2.05) is 0 Å². The van der Waals surface area contributed by atoms with Crippen molar-refractivity contribution in [3.05, 3.63) is 233 Å². The van der Waals surface area contributed by atoms with Crippen LogP contribution in [0, 0.1) is 233 Å². The van der Waals surface area contributed by atoms with Crippen LogP contribution in [0.4, 0.5) is 176 Å². The smallest absolute Gasteiger partial charge is 0.207 e. The average Bonchev–Trinajstić information content (AvgIpc) is 0.690. The van der Waals surface area contributed by atoms with Gasteiger partial charge in [0.25, 0.3) is 0 Å². The Kier molecular flexibility index (Phi) is 19.4. The second-order valence-corrected chi connectivity index (χ2v) is 17.6. The monoisotopic (exact) mass is 1480 g/mol. The molecule has 0 N–H and O–H groups in total. The van der Waals surface area contributed by atoms with Gasteiger partial charge in [0.2, 0.25) is 0 Å². The first kappa shape index (κ1) is 72.0. The Labute approximate surface area is 487 Å². The fourth-order valence-corrected chi connectivity index (χ4v) is 9.75. The van der Waals surface area contributed by atoms with Gasteiger partial charge in [-0.3, -0.25) is 0 Å². The Morgan fingerprint density at radius 2 is 0.132 bits per heavy atom. The van der Waals surface area contributed by atoms with Gasteiger partial charge in [-0.15, -0.1) is 43.7 Å². The second-order valence-electron chi connectivity index (χ2n) is 17.6. The minimum atomic E-state index is -7.22. The molecule has 0 aliphatic carbocycles. The first-order chi connectivity index (χ1) is 41.4. The van der Waals surface area contributed by atoms with Gasteiger partial charge in [-0.1, -0.05) is 0 Å². The predicted molar refractivity (Wildman–Crippen MR) is 224 cm³/mol. The zero-order valence-corrected chi connectivity index (χ0v) is 43.6. The van der Waals surface area contributed by atoms with E-state index in [-0.39, 0.29) is 23.9 Å². The number of hydrogen-bond donors (Lipinski definition) is 0. The molecule has 0 amide bonds. The molecule has 8 aromatic carbocycles. The van der Waals surface area contributed by atoms with Crippen molar-refractivity contribution in [1.82, 2.24) is 0 Å². The maximum absolute atomic E-state index is 15.4. The third-order valence-electron chi connectivity index (χ3n) is 13.4. The third-order valence-corrected chi connectivity index (χ3v) is 13.4. The summed E-state index contributed by atoms with van der Waals surface area (Å²) >= 11 is 0. The summed E-state index contributed by atoms with van der Waals surface area (Å²) in [7, 11) is 0. The topological polar surface area (TPSA) is 0 Å². The van der Waals surface area contributed by atoms with E-state index in [4.69, 9.17) is 0 Å². The Bertz CT molecular complexity index is 3430. The molecule has 0 saturated heterocycles. The number of hydrogen-bond acceptors (Lipinski definition) is 0. The van der Waals surface area contributed by atoms with Crippen molar-refractivity contribution >= 4 is 79.9 Å². The minimum absolute atomic E-state index is 0. The van der Waals surface area contributed by atoms with Gasteiger partial charge >= 0.3 is 23.9 Å². The van der Waals surface area contributed by atoms with E-state index in [2.05, 4.69) is 0 Å². The molecule has 0 atom stereocenters. The van der Waals surface area contributed by atoms with Crippen molar-refractivity contribution < 1.29 is 176 Å². The summed E-state index contributed by atoms with van der Waals surface area (Å²) in [5.41, 5.74) is -28.7. The maximum Gasteiger partial charge on any atom is 2.00 e. The first-order valence-electron chi connectivity index (χ1n) is 21.9. The largest absolute Gasteiger partial charge is 2.00 e. The molecule has 482 valence electrons. The Morgan fingerprint density at radius 1 is 0.0879 bits per heavy atom. The maximum atomic E-state index is 15.4. The number of benzene rings is 8. The van der Waals surface area contributed by atoms with E-state index in [0.717, 1.165) is 0 Å². The van der Waals surface area contributed by atoms with Crippen LogP contribution >= 0.6 is 0 Å². The normalized spacial score (nSPS) is 11.9. The Balaban J connectivity index is 0.000000286. The quantitative estimate of drug-likeness (QED) is 0.0616. The molecule has 0 spiro atoms. The van der Waals surface area contributed by atoms with Gasteiger partial charge in [0.05, 0.1) is 0 Å². The van der Waals surface area contributed by atoms with Crippen LogP contribution in [0.1, 0.15) is 0 Å². The minimum Gasteiger partial charge on any atom is -0.207 e. The predicted octanol–water partition coefficient (Wildman–Crippen LogP) is 11.3. The summed E-state index contributed by atoms with van der Waals surface area (Å²) in [5.74, 6) is -143. The summed E-state index contributed by atoms with van der Waals surface area (Å²) in [6, 6.07) is 0. The fraction of sp³-hybridized carbons (Fsp3) is 0. The molecule has 8 aromatic rings. The molecule has 0 aliphatic rings. The van der Waals surface area contributed by atoms with Gasteiger partial charge in [0.1, 0.15) is 105 Å². The Morgan fingerprint density at radius 3 is 0.187 bits per heavy atom. The van der Waals surface area contributed by atoms with Gasteiger partial charge in [0, 0.05) is 0 Å². The van der Waals surface area contributed by atoms with Crippen LogP contribution < -0.4 is 43.7 Å². The molecule has 0 fully saturated rings. The van der Waals surface area contributed by atoms with Crippen LogP contribution in [0.3, 0.4) is 0 Å². The molecular weight excluding hydrogens is 1480 g/mol. The van der Waals surface area contributed by atoms with Crippen LogP contribution in [-0.4, -0.2) is 36.2 Å². The zero-order valence-electron chi connectivity index (χ0n) is 40.8. The van der Waals surface area contributed by atoms with Crippen molar-refractivity contribution in [2.24, 2.45) is 0 Å². The van der Waals surface area contributed by atoms with Crippen LogP contribution in [0.25, 0.3) is 0 Å². The fourth-order valence-electron chi connectivity index (χ4n) is 9.75. The number of halogens is 40. The Hall–Kier alpha value is -8.11. The van der Waals surface area contributed by atoms with Gasteiger partial charge in [0.15, 0.2) is 140 Å². The van der Waals surface area contributed by atoms with Crippen LogP contribution in [0.5, 0.6) is 0 Å². The molecule has 0 nitrogen and oxygen atoms in total. The molecular formula is C48B2F40Sn.